The summed E-state index contributed by atoms with van der Waals surface area (Å²) in [5, 5.41) is 11.9. The third-order valence-corrected chi connectivity index (χ3v) is 2.97. The highest BCUT2D eigenvalue weighted by molar-refractivity contribution is 5.66. The number of nitriles is 1. The fraction of sp³-hybridized carbons (Fsp3) is 0.188. The highest BCUT2D eigenvalue weighted by Crippen LogP contribution is 2.24. The van der Waals surface area contributed by atoms with E-state index in [1.54, 1.807) is 18.2 Å². The molecule has 0 amide bonds. The zero-order valence-electron chi connectivity index (χ0n) is 11.1. The molecule has 0 bridgehead atoms. The van der Waals surface area contributed by atoms with Gasteiger partial charge in [0.1, 0.15) is 11.6 Å². The van der Waals surface area contributed by atoms with Crippen molar-refractivity contribution in [1.29, 1.82) is 5.26 Å². The quantitative estimate of drug-likeness (QED) is 0.922. The van der Waals surface area contributed by atoms with Crippen molar-refractivity contribution in [3.05, 3.63) is 59.2 Å². The molecule has 0 spiro atoms. The molecule has 0 aliphatic carbocycles. The van der Waals surface area contributed by atoms with Crippen molar-refractivity contribution in [2.24, 2.45) is 0 Å². The lowest BCUT2D eigenvalue weighted by atomic mass is 10.0. The minimum atomic E-state index is -0.475. The van der Waals surface area contributed by atoms with Crippen molar-refractivity contribution < 1.29 is 8.78 Å². The van der Waals surface area contributed by atoms with Gasteiger partial charge < -0.3 is 5.32 Å². The third-order valence-electron chi connectivity index (χ3n) is 2.97. The van der Waals surface area contributed by atoms with Crippen LogP contribution in [0.1, 0.15) is 18.1 Å². The third kappa shape index (κ3) is 3.19. The molecule has 0 atom stereocenters. The second-order valence-electron chi connectivity index (χ2n) is 4.43. The summed E-state index contributed by atoms with van der Waals surface area (Å²) in [6.45, 7) is 3.09. The predicted molar refractivity (Wildman–Crippen MR) is 73.9 cm³/mol. The average Bonchev–Trinajstić information content (AvgIpc) is 2.45. The largest absolute Gasteiger partial charge is 0.313 e. The first-order valence-corrected chi connectivity index (χ1v) is 6.34. The van der Waals surface area contributed by atoms with Crippen molar-refractivity contribution in [1.82, 2.24) is 5.32 Å². The first kappa shape index (κ1) is 14.2. The summed E-state index contributed by atoms with van der Waals surface area (Å²) >= 11 is 0. The molecule has 0 saturated heterocycles. The van der Waals surface area contributed by atoms with Gasteiger partial charge in [0.2, 0.25) is 0 Å². The van der Waals surface area contributed by atoms with Crippen molar-refractivity contribution in [3.63, 3.8) is 0 Å². The summed E-state index contributed by atoms with van der Waals surface area (Å²) in [5.41, 5.74) is 2.03. The summed E-state index contributed by atoms with van der Waals surface area (Å²) in [6, 6.07) is 10.6. The normalized spacial score (nSPS) is 10.3. The average molecular weight is 272 g/mol. The van der Waals surface area contributed by atoms with Crippen LogP contribution in [0.3, 0.4) is 0 Å². The van der Waals surface area contributed by atoms with Gasteiger partial charge in [-0.2, -0.15) is 5.26 Å². The van der Waals surface area contributed by atoms with Gasteiger partial charge in [-0.3, -0.25) is 0 Å². The molecule has 0 fully saturated rings. The van der Waals surface area contributed by atoms with Crippen molar-refractivity contribution >= 4 is 0 Å². The van der Waals surface area contributed by atoms with E-state index in [4.69, 9.17) is 5.26 Å². The van der Waals surface area contributed by atoms with E-state index < -0.39 is 5.82 Å². The Morgan fingerprint density at radius 2 is 1.90 bits per heavy atom. The molecule has 0 aliphatic heterocycles. The first-order chi connectivity index (χ1) is 9.63. The van der Waals surface area contributed by atoms with Crippen LogP contribution in [0.15, 0.2) is 36.4 Å². The molecule has 102 valence electrons. The van der Waals surface area contributed by atoms with Gasteiger partial charge in [0.05, 0.1) is 11.6 Å². The zero-order valence-corrected chi connectivity index (χ0v) is 11.1. The summed E-state index contributed by atoms with van der Waals surface area (Å²) in [6.07, 6.45) is 0. The number of nitrogens with one attached hydrogen (secondary N) is 1. The Morgan fingerprint density at radius 3 is 2.60 bits per heavy atom. The van der Waals surface area contributed by atoms with Crippen LogP contribution in [0.4, 0.5) is 8.78 Å². The van der Waals surface area contributed by atoms with Gasteiger partial charge in [-0.1, -0.05) is 13.0 Å². The Labute approximate surface area is 116 Å². The SMILES string of the molecule is CCNCc1cc(-c2cc(F)cc(C#N)c2)ccc1F. The van der Waals surface area contributed by atoms with E-state index in [0.717, 1.165) is 6.54 Å². The number of hydrogen-bond donors (Lipinski definition) is 1. The minimum absolute atomic E-state index is 0.248. The lowest BCUT2D eigenvalue weighted by Crippen LogP contribution is -2.12. The molecule has 4 heteroatoms. The topological polar surface area (TPSA) is 35.8 Å². The molecule has 0 unspecified atom stereocenters. The lowest BCUT2D eigenvalue weighted by Gasteiger charge is -2.08. The Bertz CT molecular complexity index is 660. The van der Waals surface area contributed by atoms with Gasteiger partial charge in [-0.05, 0) is 48.0 Å². The number of nitrogens with zero attached hydrogens (tertiary/aromatic N) is 1. The minimum Gasteiger partial charge on any atom is -0.313 e. The maximum absolute atomic E-state index is 13.7. The monoisotopic (exact) mass is 272 g/mol. The summed E-state index contributed by atoms with van der Waals surface area (Å²) in [5.74, 6) is -0.775. The van der Waals surface area contributed by atoms with E-state index in [9.17, 15) is 8.78 Å². The number of benzene rings is 2. The van der Waals surface area contributed by atoms with Crippen LogP contribution in [-0.4, -0.2) is 6.54 Å². The molecule has 2 nitrogen and oxygen atoms in total. The Balaban J connectivity index is 2.42. The molecule has 2 aromatic carbocycles. The van der Waals surface area contributed by atoms with Crippen LogP contribution in [-0.2, 0) is 6.54 Å². The van der Waals surface area contributed by atoms with Crippen LogP contribution >= 0.6 is 0 Å². The highest BCUT2D eigenvalue weighted by Gasteiger charge is 2.07. The molecule has 20 heavy (non-hydrogen) atoms. The Kier molecular flexibility index (Phi) is 4.44. The van der Waals surface area contributed by atoms with Gasteiger partial charge in [0.15, 0.2) is 0 Å². The van der Waals surface area contributed by atoms with Crippen molar-refractivity contribution in [2.75, 3.05) is 6.54 Å². The van der Waals surface area contributed by atoms with Gasteiger partial charge in [-0.15, -0.1) is 0 Å². The van der Waals surface area contributed by atoms with E-state index in [1.807, 2.05) is 13.0 Å². The van der Waals surface area contributed by atoms with Crippen LogP contribution in [0.5, 0.6) is 0 Å². The maximum atomic E-state index is 13.7. The number of rotatable bonds is 4. The van der Waals surface area contributed by atoms with Crippen LogP contribution in [0, 0.1) is 23.0 Å². The zero-order chi connectivity index (χ0) is 14.5. The van der Waals surface area contributed by atoms with E-state index >= 15 is 0 Å². The Morgan fingerprint density at radius 1 is 1.10 bits per heavy atom. The molecule has 0 saturated carbocycles. The van der Waals surface area contributed by atoms with Crippen molar-refractivity contribution in [2.45, 2.75) is 13.5 Å². The second-order valence-corrected chi connectivity index (χ2v) is 4.43. The highest BCUT2D eigenvalue weighted by atomic mass is 19.1. The number of hydrogen-bond acceptors (Lipinski definition) is 2. The van der Waals surface area contributed by atoms with Gasteiger partial charge in [0.25, 0.3) is 0 Å². The van der Waals surface area contributed by atoms with E-state index in [1.165, 1.54) is 18.2 Å². The molecule has 0 aliphatic rings. The molecule has 0 heterocycles. The summed E-state index contributed by atoms with van der Waals surface area (Å²) in [4.78, 5) is 0. The molecule has 2 rings (SSSR count). The van der Waals surface area contributed by atoms with Gasteiger partial charge in [0, 0.05) is 12.1 Å². The summed E-state index contributed by atoms with van der Waals surface area (Å²) in [7, 11) is 0. The first-order valence-electron chi connectivity index (χ1n) is 6.34. The standard InChI is InChI=1S/C16H14F2N2/c1-2-20-10-14-7-12(3-4-16(14)18)13-5-11(9-19)6-15(17)8-13/h3-8,20H,2,10H2,1H3. The van der Waals surface area contributed by atoms with Crippen LogP contribution in [0.2, 0.25) is 0 Å². The lowest BCUT2D eigenvalue weighted by molar-refractivity contribution is 0.593. The Hall–Kier alpha value is -2.25. The fourth-order valence-corrected chi connectivity index (χ4v) is 1.97. The fourth-order valence-electron chi connectivity index (χ4n) is 1.97. The van der Waals surface area contributed by atoms with E-state index in [-0.39, 0.29) is 11.4 Å². The maximum Gasteiger partial charge on any atom is 0.127 e. The van der Waals surface area contributed by atoms with Gasteiger partial charge >= 0.3 is 0 Å². The van der Waals surface area contributed by atoms with Crippen LogP contribution in [0.25, 0.3) is 11.1 Å². The van der Waals surface area contributed by atoms with E-state index in [2.05, 4.69) is 5.32 Å². The smallest absolute Gasteiger partial charge is 0.127 e. The molecular weight excluding hydrogens is 258 g/mol. The molecular formula is C16H14F2N2. The molecule has 0 radical (unpaired) electrons. The molecule has 1 N–H and O–H groups in total. The molecule has 2 aromatic rings. The van der Waals surface area contributed by atoms with Gasteiger partial charge in [-0.25, -0.2) is 8.78 Å². The number of halogens is 2. The van der Waals surface area contributed by atoms with E-state index in [0.29, 0.717) is 23.2 Å². The summed E-state index contributed by atoms with van der Waals surface area (Å²) < 4.78 is 27.1. The van der Waals surface area contributed by atoms with Crippen LogP contribution < -0.4 is 5.32 Å². The predicted octanol–water partition coefficient (Wildman–Crippen LogP) is 3.61. The second kappa shape index (κ2) is 6.27. The molecule has 0 aromatic heterocycles. The van der Waals surface area contributed by atoms with Crippen molar-refractivity contribution in [3.8, 4) is 17.2 Å².